The second-order valence-corrected chi connectivity index (χ2v) is 3.43. The highest BCUT2D eigenvalue weighted by atomic mass is 15.0. The normalized spacial score (nSPS) is 18.9. The second kappa shape index (κ2) is 4.55. The molecule has 1 N–H and O–H groups in total. The molecule has 0 aliphatic carbocycles. The summed E-state index contributed by atoms with van der Waals surface area (Å²) in [5.41, 5.74) is 0.120. The first-order valence-corrected chi connectivity index (χ1v) is 4.49. The fourth-order valence-electron chi connectivity index (χ4n) is 0.970. The smallest absolute Gasteiger partial charge is 0.0332 e. The van der Waals surface area contributed by atoms with Crippen LogP contribution in [0.15, 0.2) is 12.7 Å². The van der Waals surface area contributed by atoms with Gasteiger partial charge in [0.05, 0.1) is 0 Å². The van der Waals surface area contributed by atoms with E-state index in [9.17, 15) is 0 Å². The molecule has 2 unspecified atom stereocenters. The fraction of sp³-hybridized carbons (Fsp3) is 0.800. The lowest BCUT2D eigenvalue weighted by molar-refractivity contribution is 0.367. The summed E-state index contributed by atoms with van der Waals surface area (Å²) >= 11 is 0. The summed E-state index contributed by atoms with van der Waals surface area (Å²) in [6.07, 6.45) is 4.27. The zero-order chi connectivity index (χ0) is 8.91. The van der Waals surface area contributed by atoms with Crippen LogP contribution in [0.1, 0.15) is 40.5 Å². The Morgan fingerprint density at radius 2 is 2.09 bits per heavy atom. The summed E-state index contributed by atoms with van der Waals surface area (Å²) in [7, 11) is 0. The molecule has 0 spiro atoms. The third kappa shape index (κ3) is 3.57. The molecule has 1 heteroatoms. The van der Waals surface area contributed by atoms with E-state index in [1.807, 2.05) is 6.08 Å². The van der Waals surface area contributed by atoms with Crippen LogP contribution < -0.4 is 5.32 Å². The van der Waals surface area contributed by atoms with Gasteiger partial charge in [-0.05, 0) is 26.7 Å². The van der Waals surface area contributed by atoms with Crippen LogP contribution in [0.4, 0.5) is 0 Å². The molecule has 0 rings (SSSR count). The molecule has 0 aromatic rings. The van der Waals surface area contributed by atoms with Crippen molar-refractivity contribution in [3.63, 3.8) is 0 Å². The Kier molecular flexibility index (Phi) is 4.43. The highest BCUT2D eigenvalue weighted by molar-refractivity contribution is 4.99. The number of nitrogens with one attached hydrogen (secondary N) is 1. The largest absolute Gasteiger partial charge is 0.306 e. The number of hydrogen-bond acceptors (Lipinski definition) is 1. The highest BCUT2D eigenvalue weighted by Crippen LogP contribution is 2.11. The van der Waals surface area contributed by atoms with Gasteiger partial charge in [0.1, 0.15) is 0 Å². The van der Waals surface area contributed by atoms with Crippen LogP contribution >= 0.6 is 0 Å². The zero-order valence-corrected chi connectivity index (χ0v) is 8.28. The van der Waals surface area contributed by atoms with E-state index in [2.05, 4.69) is 39.6 Å². The van der Waals surface area contributed by atoms with E-state index in [1.165, 1.54) is 6.42 Å². The molecule has 1 nitrogen and oxygen atoms in total. The van der Waals surface area contributed by atoms with Crippen molar-refractivity contribution in [2.75, 3.05) is 0 Å². The van der Waals surface area contributed by atoms with Gasteiger partial charge in [-0.3, -0.25) is 0 Å². The van der Waals surface area contributed by atoms with Crippen molar-refractivity contribution < 1.29 is 0 Å². The van der Waals surface area contributed by atoms with Gasteiger partial charge >= 0.3 is 0 Å². The molecule has 0 aliphatic rings. The molecule has 0 fully saturated rings. The maximum atomic E-state index is 3.83. The second-order valence-electron chi connectivity index (χ2n) is 3.43. The van der Waals surface area contributed by atoms with Gasteiger partial charge in [-0.15, -0.1) is 6.58 Å². The first-order chi connectivity index (χ1) is 5.08. The maximum absolute atomic E-state index is 3.83. The molecule has 0 heterocycles. The molecule has 0 bridgehead atoms. The Hall–Kier alpha value is -0.300. The average molecular weight is 155 g/mol. The van der Waals surface area contributed by atoms with Crippen molar-refractivity contribution in [3.05, 3.63) is 12.7 Å². The van der Waals surface area contributed by atoms with Crippen molar-refractivity contribution in [2.45, 2.75) is 52.1 Å². The predicted molar refractivity (Wildman–Crippen MR) is 51.8 cm³/mol. The quantitative estimate of drug-likeness (QED) is 0.602. The Morgan fingerprint density at radius 3 is 2.36 bits per heavy atom. The average Bonchev–Trinajstić information content (AvgIpc) is 2.04. The molecule has 0 amide bonds. The summed E-state index contributed by atoms with van der Waals surface area (Å²) in [6, 6.07) is 0.581. The molecule has 0 aromatic heterocycles. The van der Waals surface area contributed by atoms with Gasteiger partial charge in [-0.2, -0.15) is 0 Å². The van der Waals surface area contributed by atoms with Crippen LogP contribution in [0.3, 0.4) is 0 Å². The first-order valence-electron chi connectivity index (χ1n) is 4.49. The Labute approximate surface area is 70.9 Å². The molecular formula is C10H21N. The van der Waals surface area contributed by atoms with E-state index >= 15 is 0 Å². The molecule has 0 saturated heterocycles. The SMILES string of the molecule is C=CC(C)(CC)NC(C)CC. The molecule has 2 atom stereocenters. The van der Waals surface area contributed by atoms with E-state index in [0.717, 1.165) is 6.42 Å². The van der Waals surface area contributed by atoms with Gasteiger partial charge in [0.25, 0.3) is 0 Å². The van der Waals surface area contributed by atoms with Gasteiger partial charge in [-0.25, -0.2) is 0 Å². The van der Waals surface area contributed by atoms with Crippen molar-refractivity contribution in [1.29, 1.82) is 0 Å². The van der Waals surface area contributed by atoms with Crippen LogP contribution in [0.25, 0.3) is 0 Å². The van der Waals surface area contributed by atoms with Crippen molar-refractivity contribution >= 4 is 0 Å². The molecule has 0 aromatic carbocycles. The Morgan fingerprint density at radius 1 is 1.55 bits per heavy atom. The van der Waals surface area contributed by atoms with Crippen LogP contribution in [-0.4, -0.2) is 11.6 Å². The van der Waals surface area contributed by atoms with Crippen LogP contribution in [0.2, 0.25) is 0 Å². The molecule has 0 saturated carbocycles. The lowest BCUT2D eigenvalue weighted by Crippen LogP contribution is -2.44. The van der Waals surface area contributed by atoms with Gasteiger partial charge in [-0.1, -0.05) is 19.9 Å². The monoisotopic (exact) mass is 155 g/mol. The van der Waals surface area contributed by atoms with E-state index in [0.29, 0.717) is 6.04 Å². The van der Waals surface area contributed by atoms with Gasteiger partial charge in [0, 0.05) is 11.6 Å². The lowest BCUT2D eigenvalue weighted by Gasteiger charge is -2.29. The minimum atomic E-state index is 0.120. The highest BCUT2D eigenvalue weighted by Gasteiger charge is 2.18. The van der Waals surface area contributed by atoms with Crippen LogP contribution in [-0.2, 0) is 0 Å². The van der Waals surface area contributed by atoms with Crippen molar-refractivity contribution in [3.8, 4) is 0 Å². The lowest BCUT2D eigenvalue weighted by atomic mass is 9.97. The summed E-state index contributed by atoms with van der Waals surface area (Å²) in [5.74, 6) is 0. The van der Waals surface area contributed by atoms with Gasteiger partial charge in [0.2, 0.25) is 0 Å². The Bertz CT molecular complexity index is 120. The summed E-state index contributed by atoms with van der Waals surface area (Å²) < 4.78 is 0. The molecule has 66 valence electrons. The number of rotatable bonds is 5. The van der Waals surface area contributed by atoms with Gasteiger partial charge in [0.15, 0.2) is 0 Å². The molecule has 0 radical (unpaired) electrons. The third-order valence-electron chi connectivity index (χ3n) is 2.37. The standard InChI is InChI=1S/C10H21N/c1-6-9(4)11-10(5,7-2)8-3/h7,9,11H,2,6,8H2,1,3-5H3. The topological polar surface area (TPSA) is 12.0 Å². The van der Waals surface area contributed by atoms with Crippen molar-refractivity contribution in [1.82, 2.24) is 5.32 Å². The van der Waals surface area contributed by atoms with Crippen LogP contribution in [0.5, 0.6) is 0 Å². The summed E-state index contributed by atoms with van der Waals surface area (Å²) in [5, 5.41) is 3.52. The predicted octanol–water partition coefficient (Wildman–Crippen LogP) is 2.73. The summed E-state index contributed by atoms with van der Waals surface area (Å²) in [6.45, 7) is 12.6. The van der Waals surface area contributed by atoms with Crippen molar-refractivity contribution in [2.24, 2.45) is 0 Å². The first kappa shape index (κ1) is 10.7. The third-order valence-corrected chi connectivity index (χ3v) is 2.37. The number of hydrogen-bond donors (Lipinski definition) is 1. The van der Waals surface area contributed by atoms with E-state index in [4.69, 9.17) is 0 Å². The Balaban J connectivity index is 3.96. The van der Waals surface area contributed by atoms with E-state index in [-0.39, 0.29) is 5.54 Å². The minimum Gasteiger partial charge on any atom is -0.306 e. The molecule has 11 heavy (non-hydrogen) atoms. The molecule has 0 aliphatic heterocycles. The zero-order valence-electron chi connectivity index (χ0n) is 8.28. The molecular weight excluding hydrogens is 134 g/mol. The van der Waals surface area contributed by atoms with E-state index in [1.54, 1.807) is 0 Å². The fourth-order valence-corrected chi connectivity index (χ4v) is 0.970. The maximum Gasteiger partial charge on any atom is 0.0332 e. The van der Waals surface area contributed by atoms with Crippen LogP contribution in [0, 0.1) is 0 Å². The van der Waals surface area contributed by atoms with E-state index < -0.39 is 0 Å². The summed E-state index contributed by atoms with van der Waals surface area (Å²) in [4.78, 5) is 0. The van der Waals surface area contributed by atoms with Gasteiger partial charge < -0.3 is 5.32 Å². The minimum absolute atomic E-state index is 0.120.